The van der Waals surface area contributed by atoms with Crippen LogP contribution in [0.5, 0.6) is 5.75 Å². The third kappa shape index (κ3) is 5.81. The molecule has 26 heavy (non-hydrogen) atoms. The lowest BCUT2D eigenvalue weighted by atomic mass is 10.2. The second-order valence-corrected chi connectivity index (χ2v) is 8.66. The maximum absolute atomic E-state index is 12.6. The van der Waals surface area contributed by atoms with E-state index in [0.717, 1.165) is 0 Å². The molecule has 0 aliphatic carbocycles. The van der Waals surface area contributed by atoms with E-state index >= 15 is 0 Å². The zero-order chi connectivity index (χ0) is 19.5. The molecule has 0 spiro atoms. The number of amides is 1. The van der Waals surface area contributed by atoms with Gasteiger partial charge in [-0.05, 0) is 38.5 Å². The van der Waals surface area contributed by atoms with Crippen molar-refractivity contribution >= 4 is 34.4 Å². The highest BCUT2D eigenvalue weighted by molar-refractivity contribution is 8.15. The topological polar surface area (TPSA) is 41.9 Å². The van der Waals surface area contributed by atoms with Crippen LogP contribution in [-0.2, 0) is 0 Å². The van der Waals surface area contributed by atoms with Crippen LogP contribution in [0.4, 0.5) is 13.2 Å². The number of methoxy groups -OCH3 is 1. The molecular weight excluding hydrogens is 389 g/mol. The predicted molar refractivity (Wildman–Crippen MR) is 98.3 cm³/mol. The fourth-order valence-electron chi connectivity index (χ4n) is 2.60. The van der Waals surface area contributed by atoms with E-state index < -0.39 is 18.5 Å². The number of benzene rings is 1. The van der Waals surface area contributed by atoms with Gasteiger partial charge in [0.15, 0.2) is 5.17 Å². The second-order valence-electron chi connectivity index (χ2n) is 6.55. The van der Waals surface area contributed by atoms with E-state index in [4.69, 9.17) is 16.3 Å². The Bertz CT molecular complexity index is 708. The van der Waals surface area contributed by atoms with Gasteiger partial charge in [0.05, 0.1) is 12.7 Å². The van der Waals surface area contributed by atoms with Gasteiger partial charge in [0.25, 0.3) is 5.91 Å². The SMILES string of the molecule is COc1ccc(Cl)cc1C(=O)N=C1SC(C)(C)CN1CCCC(F)(F)F. The van der Waals surface area contributed by atoms with Crippen molar-refractivity contribution in [2.75, 3.05) is 20.2 Å². The van der Waals surface area contributed by atoms with Gasteiger partial charge in [-0.1, -0.05) is 23.4 Å². The number of amidine groups is 1. The van der Waals surface area contributed by atoms with Crippen LogP contribution in [0.2, 0.25) is 5.02 Å². The van der Waals surface area contributed by atoms with Gasteiger partial charge in [-0.3, -0.25) is 4.79 Å². The molecule has 1 fully saturated rings. The first-order valence-electron chi connectivity index (χ1n) is 7.98. The maximum atomic E-state index is 12.6. The summed E-state index contributed by atoms with van der Waals surface area (Å²) in [6, 6.07) is 4.63. The van der Waals surface area contributed by atoms with Crippen molar-refractivity contribution in [3.8, 4) is 5.75 Å². The van der Waals surface area contributed by atoms with Gasteiger partial charge in [0.1, 0.15) is 5.75 Å². The van der Waals surface area contributed by atoms with Crippen molar-refractivity contribution in [3.05, 3.63) is 28.8 Å². The number of hydrogen-bond donors (Lipinski definition) is 0. The fraction of sp³-hybridized carbons (Fsp3) is 0.529. The summed E-state index contributed by atoms with van der Waals surface area (Å²) in [5.41, 5.74) is 0.216. The summed E-state index contributed by atoms with van der Waals surface area (Å²) < 4.78 is 42.1. The molecule has 0 unspecified atom stereocenters. The molecule has 1 saturated heterocycles. The molecule has 4 nitrogen and oxygen atoms in total. The first-order valence-corrected chi connectivity index (χ1v) is 9.17. The first kappa shape index (κ1) is 20.9. The highest BCUT2D eigenvalue weighted by Gasteiger charge is 2.36. The number of thioether (sulfide) groups is 1. The molecule has 1 aliphatic heterocycles. The molecule has 0 N–H and O–H groups in total. The molecule has 0 saturated carbocycles. The minimum atomic E-state index is -4.19. The molecular formula is C17H20ClF3N2O2S. The highest BCUT2D eigenvalue weighted by atomic mass is 35.5. The molecule has 144 valence electrons. The van der Waals surface area contributed by atoms with Crippen molar-refractivity contribution in [3.63, 3.8) is 0 Å². The number of carbonyl (C=O) groups excluding carboxylic acids is 1. The van der Waals surface area contributed by atoms with Gasteiger partial charge < -0.3 is 9.64 Å². The number of halogens is 4. The third-order valence-corrected chi connectivity index (χ3v) is 5.14. The van der Waals surface area contributed by atoms with Crippen LogP contribution in [0.3, 0.4) is 0 Å². The Balaban J connectivity index is 2.20. The molecule has 1 aromatic rings. The molecule has 2 rings (SSSR count). The van der Waals surface area contributed by atoms with Crippen LogP contribution >= 0.6 is 23.4 Å². The summed E-state index contributed by atoms with van der Waals surface area (Å²) in [4.78, 5) is 18.4. The molecule has 0 atom stereocenters. The molecule has 9 heteroatoms. The quantitative estimate of drug-likeness (QED) is 0.686. The summed E-state index contributed by atoms with van der Waals surface area (Å²) in [5, 5.41) is 0.792. The van der Waals surface area contributed by atoms with Crippen LogP contribution in [0.1, 0.15) is 37.0 Å². The Morgan fingerprint density at radius 2 is 2.12 bits per heavy atom. The Morgan fingerprint density at radius 3 is 2.73 bits per heavy atom. The van der Waals surface area contributed by atoms with Gasteiger partial charge in [-0.2, -0.15) is 18.2 Å². The summed E-state index contributed by atoms with van der Waals surface area (Å²) in [5.74, 6) is -0.194. The predicted octanol–water partition coefficient (Wildman–Crippen LogP) is 5.01. The minimum absolute atomic E-state index is 0.0478. The van der Waals surface area contributed by atoms with Crippen LogP contribution in [-0.4, -0.2) is 47.1 Å². The molecule has 1 aliphatic rings. The Hall–Kier alpha value is -1.41. The van der Waals surface area contributed by atoms with Crippen molar-refractivity contribution in [2.45, 2.75) is 37.6 Å². The van der Waals surface area contributed by atoms with Crippen molar-refractivity contribution in [1.82, 2.24) is 4.90 Å². The molecule has 1 heterocycles. The molecule has 0 radical (unpaired) electrons. The van der Waals surface area contributed by atoms with E-state index in [2.05, 4.69) is 4.99 Å². The summed E-state index contributed by atoms with van der Waals surface area (Å²) in [6.07, 6.45) is -5.10. The monoisotopic (exact) mass is 408 g/mol. The van der Waals surface area contributed by atoms with Crippen LogP contribution in [0.15, 0.2) is 23.2 Å². The lowest BCUT2D eigenvalue weighted by Crippen LogP contribution is -2.30. The number of hydrogen-bond acceptors (Lipinski definition) is 3. The largest absolute Gasteiger partial charge is 0.496 e. The normalized spacial score (nSPS) is 18.4. The Labute approximate surface area is 159 Å². The van der Waals surface area contributed by atoms with Crippen molar-refractivity contribution in [2.24, 2.45) is 4.99 Å². The number of rotatable bonds is 5. The zero-order valence-corrected chi connectivity index (χ0v) is 16.3. The van der Waals surface area contributed by atoms with Crippen molar-refractivity contribution < 1.29 is 22.7 Å². The van der Waals surface area contributed by atoms with E-state index in [1.54, 1.807) is 17.0 Å². The number of aliphatic imine (C=N–C) groups is 1. The number of nitrogens with zero attached hydrogens (tertiary/aromatic N) is 2. The number of alkyl halides is 3. The van der Waals surface area contributed by atoms with E-state index in [1.807, 2.05) is 13.8 Å². The Morgan fingerprint density at radius 1 is 1.42 bits per heavy atom. The molecule has 0 aromatic heterocycles. The number of carbonyl (C=O) groups is 1. The van der Waals surface area contributed by atoms with Crippen molar-refractivity contribution in [1.29, 1.82) is 0 Å². The van der Waals surface area contributed by atoms with Gasteiger partial charge >= 0.3 is 6.18 Å². The van der Waals surface area contributed by atoms with E-state index in [1.165, 1.54) is 24.9 Å². The van der Waals surface area contributed by atoms with Crippen LogP contribution < -0.4 is 4.74 Å². The standard InChI is InChI=1S/C17H20ClF3N2O2S/c1-16(2)10-23(8-4-7-17(19,20)21)15(26-16)22-14(24)12-9-11(18)5-6-13(12)25-3/h5-6,9H,4,7-8,10H2,1-3H3. The van der Waals surface area contributed by atoms with E-state index in [0.29, 0.717) is 22.5 Å². The third-order valence-electron chi connectivity index (χ3n) is 3.69. The first-order chi connectivity index (χ1) is 12.0. The Kier molecular flexibility index (Phi) is 6.50. The van der Waals surface area contributed by atoms with E-state index in [9.17, 15) is 18.0 Å². The van der Waals surface area contributed by atoms with Gasteiger partial charge in [0, 0.05) is 29.3 Å². The average Bonchev–Trinajstić information content (AvgIpc) is 2.79. The summed E-state index contributed by atoms with van der Waals surface area (Å²) >= 11 is 7.32. The fourth-order valence-corrected chi connectivity index (χ4v) is 3.90. The molecule has 0 bridgehead atoms. The molecule has 1 aromatic carbocycles. The zero-order valence-electron chi connectivity index (χ0n) is 14.7. The summed E-state index contributed by atoms with van der Waals surface area (Å²) in [7, 11) is 1.43. The second kappa shape index (κ2) is 8.08. The van der Waals surface area contributed by atoms with Gasteiger partial charge in [-0.25, -0.2) is 0 Å². The summed E-state index contributed by atoms with van der Waals surface area (Å²) in [6.45, 7) is 4.63. The maximum Gasteiger partial charge on any atom is 0.389 e. The smallest absolute Gasteiger partial charge is 0.389 e. The van der Waals surface area contributed by atoms with E-state index in [-0.39, 0.29) is 23.3 Å². The number of ether oxygens (including phenoxy) is 1. The minimum Gasteiger partial charge on any atom is -0.496 e. The van der Waals surface area contributed by atoms with Gasteiger partial charge in [-0.15, -0.1) is 0 Å². The van der Waals surface area contributed by atoms with Gasteiger partial charge in [0.2, 0.25) is 0 Å². The van der Waals surface area contributed by atoms with Crippen LogP contribution in [0.25, 0.3) is 0 Å². The molecule has 1 amide bonds. The highest BCUT2D eigenvalue weighted by Crippen LogP contribution is 2.36. The lowest BCUT2D eigenvalue weighted by Gasteiger charge is -2.20. The lowest BCUT2D eigenvalue weighted by molar-refractivity contribution is -0.135. The van der Waals surface area contributed by atoms with Crippen LogP contribution in [0, 0.1) is 0 Å². The average molecular weight is 409 g/mol.